The van der Waals surface area contributed by atoms with Crippen molar-refractivity contribution in [3.8, 4) is 11.1 Å². The van der Waals surface area contributed by atoms with Crippen LogP contribution in [0.25, 0.3) is 27.5 Å². The number of rotatable bonds is 7. The average Bonchev–Trinajstić information content (AvgIpc) is 3.37. The van der Waals surface area contributed by atoms with Gasteiger partial charge < -0.3 is 9.88 Å². The van der Waals surface area contributed by atoms with Crippen LogP contribution in [0.15, 0.2) is 82.6 Å². The number of H-pyrrole nitrogens is 1. The lowest BCUT2D eigenvalue weighted by molar-refractivity contribution is 0.208. The van der Waals surface area contributed by atoms with Gasteiger partial charge in [0, 0.05) is 40.4 Å². The molecule has 0 aliphatic carbocycles. The van der Waals surface area contributed by atoms with Crippen molar-refractivity contribution in [3.63, 3.8) is 0 Å². The molecule has 1 fully saturated rings. The molecule has 0 spiro atoms. The van der Waals surface area contributed by atoms with E-state index in [1.54, 1.807) is 36.5 Å². The second kappa shape index (κ2) is 10.8. The normalized spacial score (nSPS) is 14.9. The number of pyridine rings is 1. The molecule has 5 aromatic rings. The number of aromatic amines is 1. The van der Waals surface area contributed by atoms with Crippen molar-refractivity contribution in [3.05, 3.63) is 110 Å². The molecule has 3 aromatic heterocycles. The SMILES string of the molecule is O=c1c(-c2ccccc2Cl)c2ccccn2c(=O)n1CCCCN1CCC(c2c[nH]c3ccc(F)cc23)CC1. The van der Waals surface area contributed by atoms with Crippen molar-refractivity contribution >= 4 is 28.0 Å². The molecular formula is C31H30ClFN4O2. The first kappa shape index (κ1) is 25.6. The molecule has 6 rings (SSSR count). The van der Waals surface area contributed by atoms with E-state index in [9.17, 15) is 14.0 Å². The predicted molar refractivity (Wildman–Crippen MR) is 154 cm³/mol. The molecule has 0 amide bonds. The first-order valence-corrected chi connectivity index (χ1v) is 13.9. The maximum atomic E-state index is 13.8. The Balaban J connectivity index is 1.12. The minimum atomic E-state index is -0.331. The summed E-state index contributed by atoms with van der Waals surface area (Å²) in [5.41, 5.74) is 3.17. The van der Waals surface area contributed by atoms with Gasteiger partial charge in [-0.3, -0.25) is 13.8 Å². The van der Waals surface area contributed by atoms with Gasteiger partial charge in [0.05, 0.1) is 11.1 Å². The van der Waals surface area contributed by atoms with Crippen molar-refractivity contribution in [2.45, 2.75) is 38.1 Å². The number of halogens is 2. The van der Waals surface area contributed by atoms with E-state index in [-0.39, 0.29) is 17.1 Å². The van der Waals surface area contributed by atoms with Crippen molar-refractivity contribution in [2.75, 3.05) is 19.6 Å². The largest absolute Gasteiger partial charge is 0.361 e. The summed E-state index contributed by atoms with van der Waals surface area (Å²) in [4.78, 5) is 32.5. The Morgan fingerprint density at radius 1 is 0.949 bits per heavy atom. The van der Waals surface area contributed by atoms with Crippen LogP contribution in [-0.2, 0) is 6.54 Å². The van der Waals surface area contributed by atoms with Crippen LogP contribution in [0.1, 0.15) is 37.2 Å². The molecule has 0 unspecified atom stereocenters. The number of likely N-dealkylation sites (tertiary alicyclic amines) is 1. The molecule has 8 heteroatoms. The summed E-state index contributed by atoms with van der Waals surface area (Å²) in [6.07, 6.45) is 7.37. The number of unbranched alkanes of at least 4 members (excludes halogenated alkanes) is 1. The highest BCUT2D eigenvalue weighted by Gasteiger charge is 2.23. The Hall–Kier alpha value is -3.68. The molecule has 1 aliphatic heterocycles. The minimum Gasteiger partial charge on any atom is -0.361 e. The maximum Gasteiger partial charge on any atom is 0.335 e. The topological polar surface area (TPSA) is 62.5 Å². The molecule has 1 N–H and O–H groups in total. The second-order valence-electron chi connectivity index (χ2n) is 10.3. The van der Waals surface area contributed by atoms with E-state index < -0.39 is 0 Å². The summed E-state index contributed by atoms with van der Waals surface area (Å²) in [7, 11) is 0. The van der Waals surface area contributed by atoms with Crippen molar-refractivity contribution < 1.29 is 4.39 Å². The van der Waals surface area contributed by atoms with Gasteiger partial charge in [0.2, 0.25) is 0 Å². The molecule has 39 heavy (non-hydrogen) atoms. The van der Waals surface area contributed by atoms with E-state index in [4.69, 9.17) is 11.6 Å². The van der Waals surface area contributed by atoms with Crippen molar-refractivity contribution in [1.82, 2.24) is 18.9 Å². The summed E-state index contributed by atoms with van der Waals surface area (Å²) < 4.78 is 16.7. The summed E-state index contributed by atoms with van der Waals surface area (Å²) in [6.45, 7) is 3.21. The number of hydrogen-bond donors (Lipinski definition) is 1. The standard InChI is InChI=1S/C31H30ClFN4O2/c32-26-8-2-1-7-23(26)29-28-9-3-4-15-36(28)31(39)37(30(29)38)16-6-5-14-35-17-12-21(13-18-35)25-20-34-27-11-10-22(33)19-24(25)27/h1-4,7-11,15,19-21,34H,5-6,12-14,16-18H2. The monoisotopic (exact) mass is 544 g/mol. The Bertz CT molecular complexity index is 1760. The summed E-state index contributed by atoms with van der Waals surface area (Å²) in [5.74, 6) is 0.209. The lowest BCUT2D eigenvalue weighted by atomic mass is 9.89. The maximum absolute atomic E-state index is 13.8. The minimum absolute atomic E-state index is 0.204. The highest BCUT2D eigenvalue weighted by molar-refractivity contribution is 6.33. The lowest BCUT2D eigenvalue weighted by Gasteiger charge is -2.32. The molecule has 2 aromatic carbocycles. The Kier molecular flexibility index (Phi) is 7.11. The highest BCUT2D eigenvalue weighted by Crippen LogP contribution is 2.33. The molecule has 0 saturated carbocycles. The van der Waals surface area contributed by atoms with Crippen LogP contribution in [0, 0.1) is 5.82 Å². The van der Waals surface area contributed by atoms with Crippen LogP contribution in [0.5, 0.6) is 0 Å². The van der Waals surface area contributed by atoms with Gasteiger partial charge in [-0.25, -0.2) is 9.18 Å². The molecule has 1 saturated heterocycles. The van der Waals surface area contributed by atoms with Crippen LogP contribution in [0.3, 0.4) is 0 Å². The predicted octanol–water partition coefficient (Wildman–Crippen LogP) is 6.06. The molecule has 4 heterocycles. The first-order chi connectivity index (χ1) is 19.0. The average molecular weight is 545 g/mol. The number of piperidine rings is 1. The first-order valence-electron chi connectivity index (χ1n) is 13.5. The smallest absolute Gasteiger partial charge is 0.335 e. The lowest BCUT2D eigenvalue weighted by Crippen LogP contribution is -2.39. The zero-order chi connectivity index (χ0) is 26.9. The van der Waals surface area contributed by atoms with Crippen LogP contribution in [0.2, 0.25) is 5.02 Å². The third-order valence-electron chi connectivity index (χ3n) is 7.96. The number of aromatic nitrogens is 3. The third-order valence-corrected chi connectivity index (χ3v) is 8.29. The molecule has 200 valence electrons. The number of nitrogens with zero attached hydrogens (tertiary/aromatic N) is 3. The van der Waals surface area contributed by atoms with Gasteiger partial charge in [0.25, 0.3) is 5.56 Å². The molecular weight excluding hydrogens is 515 g/mol. The quantitative estimate of drug-likeness (QED) is 0.253. The molecule has 1 aliphatic rings. The van der Waals surface area contributed by atoms with Crippen LogP contribution < -0.4 is 11.2 Å². The molecule has 0 bridgehead atoms. The van der Waals surface area contributed by atoms with E-state index in [1.807, 2.05) is 30.5 Å². The van der Waals surface area contributed by atoms with Gasteiger partial charge in [0.15, 0.2) is 0 Å². The van der Waals surface area contributed by atoms with Crippen LogP contribution in [-0.4, -0.2) is 38.5 Å². The third kappa shape index (κ3) is 4.92. The van der Waals surface area contributed by atoms with Crippen molar-refractivity contribution in [2.24, 2.45) is 0 Å². The van der Waals surface area contributed by atoms with Crippen molar-refractivity contribution in [1.29, 1.82) is 0 Å². The van der Waals surface area contributed by atoms with Gasteiger partial charge in [-0.05, 0) is 93.2 Å². The Morgan fingerprint density at radius 2 is 1.72 bits per heavy atom. The number of hydrogen-bond acceptors (Lipinski definition) is 3. The summed E-state index contributed by atoms with van der Waals surface area (Å²) >= 11 is 6.45. The molecule has 0 atom stereocenters. The molecule has 6 nitrogen and oxygen atoms in total. The number of nitrogens with one attached hydrogen (secondary N) is 1. The van der Waals surface area contributed by atoms with Gasteiger partial charge in [-0.15, -0.1) is 0 Å². The van der Waals surface area contributed by atoms with E-state index in [0.717, 1.165) is 56.2 Å². The van der Waals surface area contributed by atoms with E-state index in [1.165, 1.54) is 20.6 Å². The summed E-state index contributed by atoms with van der Waals surface area (Å²) in [6, 6.07) is 17.5. The van der Waals surface area contributed by atoms with E-state index >= 15 is 0 Å². The Morgan fingerprint density at radius 3 is 2.54 bits per heavy atom. The van der Waals surface area contributed by atoms with Gasteiger partial charge in [-0.1, -0.05) is 35.9 Å². The molecule has 0 radical (unpaired) electrons. The van der Waals surface area contributed by atoms with E-state index in [0.29, 0.717) is 34.1 Å². The highest BCUT2D eigenvalue weighted by atomic mass is 35.5. The zero-order valence-corrected chi connectivity index (χ0v) is 22.3. The number of fused-ring (bicyclic) bond motifs is 2. The van der Waals surface area contributed by atoms with Gasteiger partial charge >= 0.3 is 5.69 Å². The van der Waals surface area contributed by atoms with Gasteiger partial charge in [0.1, 0.15) is 5.82 Å². The van der Waals surface area contributed by atoms with Crippen LogP contribution in [0.4, 0.5) is 4.39 Å². The fourth-order valence-electron chi connectivity index (χ4n) is 5.91. The Labute approximate surface area is 230 Å². The fraction of sp³-hybridized carbons (Fsp3) is 0.290. The van der Waals surface area contributed by atoms with E-state index in [2.05, 4.69) is 9.88 Å². The fourth-order valence-corrected chi connectivity index (χ4v) is 6.14. The van der Waals surface area contributed by atoms with Crippen LogP contribution >= 0.6 is 11.6 Å². The summed E-state index contributed by atoms with van der Waals surface area (Å²) in [5, 5.41) is 1.46. The zero-order valence-electron chi connectivity index (χ0n) is 21.6. The second-order valence-corrected chi connectivity index (χ2v) is 10.7. The number of benzene rings is 2. The van der Waals surface area contributed by atoms with Gasteiger partial charge in [-0.2, -0.15) is 0 Å².